The number of rotatable bonds is 5. The molecular weight excluding hydrogens is 467 g/mol. The molecule has 2 rings (SSSR count). The molecule has 1 amide bonds. The van der Waals surface area contributed by atoms with Crippen LogP contribution in [0.1, 0.15) is 22.8 Å². The van der Waals surface area contributed by atoms with Gasteiger partial charge in [-0.3, -0.25) is 15.1 Å². The Morgan fingerprint density at radius 3 is 2.57 bits per heavy atom. The minimum atomic E-state index is -1.44. The minimum Gasteiger partial charge on any atom is -0.328 e. The SMILES string of the molecule is Cc1ccc(C(=O)NC(/N=C(\NC#N)Nc2cncc(Br)c2)C(C)(Cl)Cl)cc1. The van der Waals surface area contributed by atoms with Crippen LogP contribution >= 0.6 is 39.1 Å². The number of pyridine rings is 1. The number of nitrogens with zero attached hydrogens (tertiary/aromatic N) is 3. The number of anilines is 1. The lowest BCUT2D eigenvalue weighted by atomic mass is 10.1. The summed E-state index contributed by atoms with van der Waals surface area (Å²) >= 11 is 15.7. The number of hydrogen-bond donors (Lipinski definition) is 3. The number of aromatic nitrogens is 1. The fourth-order valence-corrected chi connectivity index (χ4v) is 2.65. The monoisotopic (exact) mass is 482 g/mol. The summed E-state index contributed by atoms with van der Waals surface area (Å²) in [5.41, 5.74) is 2.02. The largest absolute Gasteiger partial charge is 0.328 e. The lowest BCUT2D eigenvalue weighted by Gasteiger charge is -2.25. The van der Waals surface area contributed by atoms with Gasteiger partial charge in [-0.15, -0.1) is 0 Å². The Hall–Kier alpha value is -2.34. The lowest BCUT2D eigenvalue weighted by molar-refractivity contribution is 0.0935. The van der Waals surface area contributed by atoms with Gasteiger partial charge in [-0.1, -0.05) is 40.9 Å². The zero-order valence-corrected chi connectivity index (χ0v) is 18.1. The van der Waals surface area contributed by atoms with Crippen molar-refractivity contribution in [1.82, 2.24) is 15.6 Å². The quantitative estimate of drug-likeness (QED) is 0.196. The van der Waals surface area contributed by atoms with E-state index < -0.39 is 16.4 Å². The van der Waals surface area contributed by atoms with Crippen LogP contribution in [0.3, 0.4) is 0 Å². The first kappa shape index (κ1) is 22.0. The highest BCUT2D eigenvalue weighted by Gasteiger charge is 2.32. The van der Waals surface area contributed by atoms with Gasteiger partial charge in [-0.2, -0.15) is 5.26 Å². The highest BCUT2D eigenvalue weighted by atomic mass is 79.9. The summed E-state index contributed by atoms with van der Waals surface area (Å²) in [5.74, 6) is -0.356. The van der Waals surface area contributed by atoms with Crippen molar-refractivity contribution in [3.05, 3.63) is 58.3 Å². The van der Waals surface area contributed by atoms with Crippen molar-refractivity contribution in [2.45, 2.75) is 24.3 Å². The van der Waals surface area contributed by atoms with Gasteiger partial charge in [0.15, 0.2) is 16.7 Å². The van der Waals surface area contributed by atoms with Gasteiger partial charge in [0.2, 0.25) is 5.96 Å². The Bertz CT molecular complexity index is 906. The first-order valence-electron chi connectivity index (χ1n) is 8.05. The van der Waals surface area contributed by atoms with Gasteiger partial charge in [0.1, 0.15) is 0 Å². The molecule has 0 aliphatic rings. The molecule has 1 unspecified atom stereocenters. The van der Waals surface area contributed by atoms with E-state index in [2.05, 4.69) is 41.9 Å². The maximum atomic E-state index is 12.5. The number of aryl methyl sites for hydroxylation is 1. The second-order valence-corrected chi connectivity index (χ2v) is 8.61. The molecular formula is C18H17BrCl2N6O. The molecule has 28 heavy (non-hydrogen) atoms. The van der Waals surface area contributed by atoms with Gasteiger partial charge < -0.3 is 10.6 Å². The van der Waals surface area contributed by atoms with Crippen LogP contribution in [-0.4, -0.2) is 27.3 Å². The van der Waals surface area contributed by atoms with Gasteiger partial charge in [0, 0.05) is 16.2 Å². The average Bonchev–Trinajstić information content (AvgIpc) is 2.61. The van der Waals surface area contributed by atoms with Crippen LogP contribution in [0.15, 0.2) is 52.2 Å². The van der Waals surface area contributed by atoms with Crippen LogP contribution in [0.25, 0.3) is 0 Å². The van der Waals surface area contributed by atoms with Crippen molar-refractivity contribution < 1.29 is 4.79 Å². The summed E-state index contributed by atoms with van der Waals surface area (Å²) in [4.78, 5) is 20.8. The van der Waals surface area contributed by atoms with E-state index in [-0.39, 0.29) is 5.96 Å². The number of benzene rings is 1. The minimum absolute atomic E-state index is 0.0455. The molecule has 7 nitrogen and oxygen atoms in total. The maximum Gasteiger partial charge on any atom is 0.253 e. The van der Waals surface area contributed by atoms with Crippen molar-refractivity contribution in [1.29, 1.82) is 5.26 Å². The molecule has 0 radical (unpaired) electrons. The van der Waals surface area contributed by atoms with Crippen molar-refractivity contribution in [2.75, 3.05) is 5.32 Å². The van der Waals surface area contributed by atoms with E-state index in [1.165, 1.54) is 6.92 Å². The Morgan fingerprint density at radius 1 is 1.32 bits per heavy atom. The number of aliphatic imine (C=N–C) groups is 1. The van der Waals surface area contributed by atoms with Gasteiger partial charge in [-0.05, 0) is 48.0 Å². The van der Waals surface area contributed by atoms with E-state index in [0.29, 0.717) is 11.3 Å². The average molecular weight is 484 g/mol. The fourth-order valence-electron chi connectivity index (χ4n) is 2.08. The highest BCUT2D eigenvalue weighted by Crippen LogP contribution is 2.26. The highest BCUT2D eigenvalue weighted by molar-refractivity contribution is 9.10. The number of nitriles is 1. The zero-order valence-electron chi connectivity index (χ0n) is 15.0. The predicted molar refractivity (Wildman–Crippen MR) is 114 cm³/mol. The van der Waals surface area contributed by atoms with Crippen LogP contribution in [0, 0.1) is 18.4 Å². The van der Waals surface area contributed by atoms with Gasteiger partial charge >= 0.3 is 0 Å². The molecule has 1 aromatic carbocycles. The molecule has 0 aliphatic heterocycles. The smallest absolute Gasteiger partial charge is 0.253 e. The van der Waals surface area contributed by atoms with E-state index in [4.69, 9.17) is 28.5 Å². The molecule has 3 N–H and O–H groups in total. The molecule has 146 valence electrons. The van der Waals surface area contributed by atoms with E-state index in [0.717, 1.165) is 10.0 Å². The van der Waals surface area contributed by atoms with Crippen molar-refractivity contribution in [2.24, 2.45) is 4.99 Å². The first-order chi connectivity index (χ1) is 13.2. The molecule has 1 aromatic heterocycles. The molecule has 0 spiro atoms. The second kappa shape index (κ2) is 9.73. The van der Waals surface area contributed by atoms with E-state index >= 15 is 0 Å². The van der Waals surface area contributed by atoms with Crippen LogP contribution in [0.4, 0.5) is 5.69 Å². The van der Waals surface area contributed by atoms with Gasteiger partial charge in [0.25, 0.3) is 5.91 Å². The molecule has 0 bridgehead atoms. The molecule has 0 aliphatic carbocycles. The predicted octanol–water partition coefficient (Wildman–Crippen LogP) is 3.94. The van der Waals surface area contributed by atoms with Crippen molar-refractivity contribution >= 4 is 56.7 Å². The van der Waals surface area contributed by atoms with Crippen LogP contribution in [0.2, 0.25) is 0 Å². The number of amides is 1. The number of carbonyl (C=O) groups is 1. The number of alkyl halides is 2. The van der Waals surface area contributed by atoms with Gasteiger partial charge in [-0.25, -0.2) is 4.99 Å². The molecule has 1 atom stereocenters. The molecule has 10 heteroatoms. The third kappa shape index (κ3) is 6.68. The van der Waals surface area contributed by atoms with Crippen molar-refractivity contribution in [3.63, 3.8) is 0 Å². The number of carbonyl (C=O) groups excluding carboxylic acids is 1. The number of guanidine groups is 1. The van der Waals surface area contributed by atoms with Crippen LogP contribution < -0.4 is 16.0 Å². The Balaban J connectivity index is 2.27. The summed E-state index contributed by atoms with van der Waals surface area (Å²) < 4.78 is -0.711. The van der Waals surface area contributed by atoms with Crippen molar-refractivity contribution in [3.8, 4) is 6.19 Å². The summed E-state index contributed by atoms with van der Waals surface area (Å²) in [6, 6.07) is 8.74. The Morgan fingerprint density at radius 2 is 2.00 bits per heavy atom. The number of nitrogens with one attached hydrogen (secondary N) is 3. The first-order valence-corrected chi connectivity index (χ1v) is 9.60. The molecule has 0 saturated carbocycles. The van der Waals surface area contributed by atoms with E-state index in [1.54, 1.807) is 36.8 Å². The van der Waals surface area contributed by atoms with Crippen LogP contribution in [0.5, 0.6) is 0 Å². The Kier molecular flexibility index (Phi) is 7.63. The van der Waals surface area contributed by atoms with Crippen LogP contribution in [-0.2, 0) is 0 Å². The third-order valence-corrected chi connectivity index (χ3v) is 4.31. The van der Waals surface area contributed by atoms with E-state index in [1.807, 2.05) is 19.1 Å². The number of halogens is 3. The molecule has 0 fully saturated rings. The van der Waals surface area contributed by atoms with E-state index in [9.17, 15) is 4.79 Å². The summed E-state index contributed by atoms with van der Waals surface area (Å²) in [6.45, 7) is 3.41. The summed E-state index contributed by atoms with van der Waals surface area (Å²) in [5, 5.41) is 17.0. The molecule has 2 aromatic rings. The summed E-state index contributed by atoms with van der Waals surface area (Å²) in [7, 11) is 0. The number of hydrogen-bond acceptors (Lipinski definition) is 4. The topological polar surface area (TPSA) is 102 Å². The normalized spacial score (nSPS) is 12.6. The lowest BCUT2D eigenvalue weighted by Crippen LogP contribution is -2.45. The third-order valence-electron chi connectivity index (χ3n) is 3.46. The molecule has 0 saturated heterocycles. The molecule has 1 heterocycles. The Labute approximate surface area is 181 Å². The van der Waals surface area contributed by atoms with Gasteiger partial charge in [0.05, 0.1) is 11.9 Å². The second-order valence-electron chi connectivity index (χ2n) is 5.93. The standard InChI is InChI=1S/C18H17BrCl2N6O/c1-11-3-5-12(6-4-11)15(28)26-16(18(2,20)21)27-17(24-10-22)25-14-7-13(19)8-23-9-14/h3-9,16H,1-2H3,(H,26,28)(H2,24,25,27). The summed E-state index contributed by atoms with van der Waals surface area (Å²) in [6.07, 6.45) is 3.88. The maximum absolute atomic E-state index is 12.5. The fraction of sp³-hybridized carbons (Fsp3) is 0.222. The zero-order chi connectivity index (χ0) is 20.7.